The maximum absolute atomic E-state index is 12.7. The van der Waals surface area contributed by atoms with E-state index in [1.807, 2.05) is 21.1 Å². The molecule has 0 amide bonds. The van der Waals surface area contributed by atoms with Crippen LogP contribution in [0.25, 0.3) is 0 Å². The number of likely N-dealkylation sites (N-methyl/N-ethyl adjacent to an activating group) is 1. The number of hydrogen-bond donors (Lipinski definition) is 0. The number of unbranched alkanes of at least 4 members (excludes halogenated alkanes) is 29. The molecule has 0 rings (SSSR count). The van der Waals surface area contributed by atoms with Crippen molar-refractivity contribution in [3.63, 3.8) is 0 Å². The summed E-state index contributed by atoms with van der Waals surface area (Å²) in [5.41, 5.74) is 0. The van der Waals surface area contributed by atoms with E-state index in [4.69, 9.17) is 18.5 Å². The highest BCUT2D eigenvalue weighted by atomic mass is 31.2. The van der Waals surface area contributed by atoms with Gasteiger partial charge in [-0.3, -0.25) is 14.2 Å². The number of nitrogens with zero attached hydrogens (tertiary/aromatic N) is 1. The number of rotatable bonds is 45. The van der Waals surface area contributed by atoms with Crippen LogP contribution in [0.15, 0.2) is 12.2 Å². The zero-order valence-corrected chi connectivity index (χ0v) is 39.7. The number of ether oxygens (including phenoxy) is 2. The Balaban J connectivity index is 4.27. The zero-order chi connectivity index (χ0) is 42.8. The number of carbonyl (C=O) groups excluding carboxylic acids is 2. The van der Waals surface area contributed by atoms with Gasteiger partial charge < -0.3 is 27.9 Å². The fourth-order valence-electron chi connectivity index (χ4n) is 6.95. The standard InChI is InChI=1S/C48H94NO8P/c1-6-8-10-12-14-16-18-20-22-24-26-28-30-32-34-36-38-40-47(50)54-44-46(45-56-58(52,53)55-43-42-49(3,4)5)57-48(51)41-39-37-35-33-31-29-27-25-23-21-19-17-15-13-11-9-7-2/h20,22,46H,6-19,21,23-45H2,1-5H3/b22-20-/t46-/m1/s1. The Kier molecular flexibility index (Phi) is 40.2. The molecule has 0 fully saturated rings. The molecule has 0 aliphatic heterocycles. The Bertz CT molecular complexity index is 1000. The van der Waals surface area contributed by atoms with Gasteiger partial charge in [-0.05, 0) is 38.5 Å². The highest BCUT2D eigenvalue weighted by molar-refractivity contribution is 7.45. The Hall–Kier alpha value is -1.25. The van der Waals surface area contributed by atoms with Crippen molar-refractivity contribution in [3.05, 3.63) is 12.2 Å². The maximum atomic E-state index is 12.7. The molecule has 0 aromatic rings. The molecule has 10 heteroatoms. The van der Waals surface area contributed by atoms with Crippen molar-refractivity contribution in [2.75, 3.05) is 47.5 Å². The Morgan fingerprint density at radius 2 is 0.879 bits per heavy atom. The van der Waals surface area contributed by atoms with Crippen LogP contribution >= 0.6 is 7.82 Å². The first kappa shape index (κ1) is 56.8. The van der Waals surface area contributed by atoms with Crippen LogP contribution in [-0.4, -0.2) is 70.0 Å². The third kappa shape index (κ3) is 44.3. The van der Waals surface area contributed by atoms with E-state index in [1.54, 1.807) is 0 Å². The van der Waals surface area contributed by atoms with Gasteiger partial charge in [0.15, 0.2) is 6.10 Å². The van der Waals surface area contributed by atoms with Gasteiger partial charge in [0.25, 0.3) is 7.82 Å². The van der Waals surface area contributed by atoms with Crippen molar-refractivity contribution in [2.45, 2.75) is 238 Å². The molecule has 58 heavy (non-hydrogen) atoms. The molecule has 344 valence electrons. The average Bonchev–Trinajstić information content (AvgIpc) is 3.17. The van der Waals surface area contributed by atoms with Crippen LogP contribution in [0.1, 0.15) is 232 Å². The lowest BCUT2D eigenvalue weighted by atomic mass is 10.0. The molecule has 0 saturated carbocycles. The van der Waals surface area contributed by atoms with Gasteiger partial charge in [-0.15, -0.1) is 0 Å². The summed E-state index contributed by atoms with van der Waals surface area (Å²) in [6.45, 7) is 4.26. The van der Waals surface area contributed by atoms with Gasteiger partial charge >= 0.3 is 11.9 Å². The van der Waals surface area contributed by atoms with Crippen molar-refractivity contribution in [1.29, 1.82) is 0 Å². The minimum absolute atomic E-state index is 0.0280. The van der Waals surface area contributed by atoms with Crippen LogP contribution in [0.5, 0.6) is 0 Å². The summed E-state index contributed by atoms with van der Waals surface area (Å²) in [5, 5.41) is 0. The number of hydrogen-bond acceptors (Lipinski definition) is 8. The molecule has 0 N–H and O–H groups in total. The van der Waals surface area contributed by atoms with Crippen LogP contribution in [0.2, 0.25) is 0 Å². The quantitative estimate of drug-likeness (QED) is 0.0196. The second kappa shape index (κ2) is 41.1. The van der Waals surface area contributed by atoms with E-state index < -0.39 is 26.5 Å². The number of quaternary nitrogens is 1. The molecule has 0 bridgehead atoms. The first-order valence-electron chi connectivity index (χ1n) is 24.4. The SMILES string of the molecule is CCCCCCCC/C=C\CCCCCCCCCC(=O)OC[C@H](COP(=O)([O-])OCC[N+](C)(C)C)OC(=O)CCCCCCCCCCCCCCCCCCC. The van der Waals surface area contributed by atoms with Crippen LogP contribution in [-0.2, 0) is 32.7 Å². The third-order valence-corrected chi connectivity index (χ3v) is 11.7. The second-order valence-electron chi connectivity index (χ2n) is 17.8. The van der Waals surface area contributed by atoms with Crippen molar-refractivity contribution < 1.29 is 42.1 Å². The van der Waals surface area contributed by atoms with Gasteiger partial charge in [-0.2, -0.15) is 0 Å². The van der Waals surface area contributed by atoms with E-state index in [-0.39, 0.29) is 32.0 Å². The molecular formula is C48H94NO8P. The van der Waals surface area contributed by atoms with Crippen molar-refractivity contribution >= 4 is 19.8 Å². The minimum atomic E-state index is -4.62. The summed E-state index contributed by atoms with van der Waals surface area (Å²) in [6.07, 6.45) is 43.7. The maximum Gasteiger partial charge on any atom is 0.306 e. The summed E-state index contributed by atoms with van der Waals surface area (Å²) < 4.78 is 34.0. The molecule has 0 spiro atoms. The molecular weight excluding hydrogens is 750 g/mol. The fraction of sp³-hybridized carbons (Fsp3) is 0.917. The van der Waals surface area contributed by atoms with Crippen LogP contribution < -0.4 is 4.89 Å². The van der Waals surface area contributed by atoms with Crippen LogP contribution in [0.3, 0.4) is 0 Å². The molecule has 0 heterocycles. The molecule has 0 radical (unpaired) electrons. The molecule has 0 aliphatic carbocycles. The number of esters is 2. The van der Waals surface area contributed by atoms with Gasteiger partial charge in [-0.25, -0.2) is 0 Å². The largest absolute Gasteiger partial charge is 0.756 e. The smallest absolute Gasteiger partial charge is 0.306 e. The van der Waals surface area contributed by atoms with E-state index in [0.717, 1.165) is 38.5 Å². The molecule has 1 unspecified atom stereocenters. The normalized spacial score (nSPS) is 13.6. The van der Waals surface area contributed by atoms with Gasteiger partial charge in [0.05, 0.1) is 27.7 Å². The van der Waals surface area contributed by atoms with Gasteiger partial charge in [-0.1, -0.05) is 193 Å². The lowest BCUT2D eigenvalue weighted by molar-refractivity contribution is -0.870. The lowest BCUT2D eigenvalue weighted by Gasteiger charge is -2.28. The Labute approximate surface area is 358 Å². The minimum Gasteiger partial charge on any atom is -0.756 e. The number of phosphoric ester groups is 1. The molecule has 0 aromatic heterocycles. The first-order chi connectivity index (χ1) is 28.0. The number of phosphoric acid groups is 1. The van der Waals surface area contributed by atoms with E-state index in [0.29, 0.717) is 17.4 Å². The highest BCUT2D eigenvalue weighted by Crippen LogP contribution is 2.38. The van der Waals surface area contributed by atoms with Crippen molar-refractivity contribution in [1.82, 2.24) is 0 Å². The van der Waals surface area contributed by atoms with Gasteiger partial charge in [0.1, 0.15) is 19.8 Å². The first-order valence-corrected chi connectivity index (χ1v) is 25.9. The summed E-state index contributed by atoms with van der Waals surface area (Å²) in [6, 6.07) is 0. The lowest BCUT2D eigenvalue weighted by Crippen LogP contribution is -2.37. The van der Waals surface area contributed by atoms with Crippen molar-refractivity contribution in [3.8, 4) is 0 Å². The topological polar surface area (TPSA) is 111 Å². The number of carbonyl (C=O) groups is 2. The van der Waals surface area contributed by atoms with E-state index in [1.165, 1.54) is 161 Å². The molecule has 0 saturated heterocycles. The van der Waals surface area contributed by atoms with E-state index in [9.17, 15) is 19.0 Å². The van der Waals surface area contributed by atoms with E-state index in [2.05, 4.69) is 26.0 Å². The molecule has 2 atom stereocenters. The third-order valence-electron chi connectivity index (χ3n) is 10.8. The fourth-order valence-corrected chi connectivity index (χ4v) is 7.67. The molecule has 0 aliphatic rings. The average molecular weight is 844 g/mol. The highest BCUT2D eigenvalue weighted by Gasteiger charge is 2.21. The van der Waals surface area contributed by atoms with Gasteiger partial charge in [0.2, 0.25) is 0 Å². The summed E-state index contributed by atoms with van der Waals surface area (Å²) in [4.78, 5) is 37.6. The van der Waals surface area contributed by atoms with Crippen LogP contribution in [0, 0.1) is 0 Å². The summed E-state index contributed by atoms with van der Waals surface area (Å²) in [5.74, 6) is -0.826. The molecule has 9 nitrogen and oxygen atoms in total. The predicted octanol–water partition coefficient (Wildman–Crippen LogP) is 13.5. The Morgan fingerprint density at radius 1 is 0.517 bits per heavy atom. The zero-order valence-electron chi connectivity index (χ0n) is 38.8. The second-order valence-corrected chi connectivity index (χ2v) is 19.2. The summed E-state index contributed by atoms with van der Waals surface area (Å²) in [7, 11) is 1.18. The summed E-state index contributed by atoms with van der Waals surface area (Å²) >= 11 is 0. The van der Waals surface area contributed by atoms with Gasteiger partial charge in [0, 0.05) is 12.8 Å². The molecule has 0 aromatic carbocycles. The van der Waals surface area contributed by atoms with E-state index >= 15 is 0 Å². The predicted molar refractivity (Wildman–Crippen MR) is 241 cm³/mol. The number of allylic oxidation sites excluding steroid dienone is 2. The van der Waals surface area contributed by atoms with Crippen LogP contribution in [0.4, 0.5) is 0 Å². The van der Waals surface area contributed by atoms with Crippen molar-refractivity contribution in [2.24, 2.45) is 0 Å². The Morgan fingerprint density at radius 3 is 1.28 bits per heavy atom. The monoisotopic (exact) mass is 844 g/mol.